The number of fused-ring (bicyclic) bond motifs is 1. The van der Waals surface area contributed by atoms with Gasteiger partial charge in [0.15, 0.2) is 0 Å². The molecule has 4 aromatic rings. The van der Waals surface area contributed by atoms with Crippen LogP contribution in [0.5, 0.6) is 5.75 Å². The van der Waals surface area contributed by atoms with Crippen molar-refractivity contribution in [1.29, 1.82) is 0 Å². The fraction of sp³-hybridized carbons (Fsp3) is 0.312. The summed E-state index contributed by atoms with van der Waals surface area (Å²) in [5.74, 6) is 2.07. The highest BCUT2D eigenvalue weighted by molar-refractivity contribution is 9.10. The molecule has 0 bridgehead atoms. The third kappa shape index (κ3) is 7.81. The molecule has 1 amide bonds. The zero-order valence-corrected chi connectivity index (χ0v) is 23.5. The molecular weight excluding hydrogens is 538 g/mol. The van der Waals surface area contributed by atoms with Crippen molar-refractivity contribution in [3.8, 4) is 5.75 Å². The first kappa shape index (κ1) is 27.6. The van der Waals surface area contributed by atoms with E-state index in [9.17, 15) is 4.79 Å². The van der Waals surface area contributed by atoms with E-state index in [-0.39, 0.29) is 5.91 Å². The fourth-order valence-corrected chi connectivity index (χ4v) is 4.84. The zero-order chi connectivity index (χ0) is 26.6. The second-order valence-corrected chi connectivity index (χ2v) is 10.3. The summed E-state index contributed by atoms with van der Waals surface area (Å²) in [5.41, 5.74) is 4.12. The lowest BCUT2D eigenvalue weighted by Gasteiger charge is -2.12. The monoisotopic (exact) mass is 573 g/mol. The molecule has 198 valence electrons. The molecule has 1 aromatic heterocycles. The van der Waals surface area contributed by atoms with Crippen molar-refractivity contribution in [2.75, 3.05) is 13.2 Å². The topological polar surface area (TPSA) is 56.1 Å². The Morgan fingerprint density at radius 2 is 1.74 bits per heavy atom. The average Bonchev–Trinajstić information content (AvgIpc) is 3.29. The molecule has 0 atom stereocenters. The highest BCUT2D eigenvalue weighted by Gasteiger charge is 2.11. The Morgan fingerprint density at radius 1 is 0.947 bits per heavy atom. The smallest absolute Gasteiger partial charge is 0.251 e. The number of nitrogens with one attached hydrogen (secondary N) is 1. The van der Waals surface area contributed by atoms with Gasteiger partial charge in [-0.3, -0.25) is 4.79 Å². The molecular formula is C32H36BrN3O2. The Morgan fingerprint density at radius 3 is 2.58 bits per heavy atom. The lowest BCUT2D eigenvalue weighted by atomic mass is 10.1. The van der Waals surface area contributed by atoms with Gasteiger partial charge in [0.2, 0.25) is 0 Å². The van der Waals surface area contributed by atoms with Crippen LogP contribution in [0.4, 0.5) is 0 Å². The van der Waals surface area contributed by atoms with E-state index < -0.39 is 0 Å². The largest absolute Gasteiger partial charge is 0.493 e. The van der Waals surface area contributed by atoms with E-state index >= 15 is 0 Å². The summed E-state index contributed by atoms with van der Waals surface area (Å²) < 4.78 is 9.42. The van der Waals surface area contributed by atoms with Crippen LogP contribution in [-0.4, -0.2) is 28.6 Å². The number of allylic oxidation sites excluding steroid dienone is 1. The molecule has 0 aliphatic heterocycles. The Balaban J connectivity index is 1.22. The number of rotatable bonds is 15. The minimum absolute atomic E-state index is 0.0209. The number of aromatic nitrogens is 2. The lowest BCUT2D eigenvalue weighted by Crippen LogP contribution is -2.24. The molecule has 0 spiro atoms. The van der Waals surface area contributed by atoms with E-state index in [0.29, 0.717) is 18.7 Å². The molecule has 0 unspecified atom stereocenters. The highest BCUT2D eigenvalue weighted by Crippen LogP contribution is 2.21. The Bertz CT molecular complexity index is 1330. The highest BCUT2D eigenvalue weighted by atomic mass is 79.9. The molecule has 0 radical (unpaired) electrons. The quantitative estimate of drug-likeness (QED) is 0.118. The summed E-state index contributed by atoms with van der Waals surface area (Å²) in [6.45, 7) is 6.15. The van der Waals surface area contributed by atoms with E-state index in [4.69, 9.17) is 9.72 Å². The van der Waals surface area contributed by atoms with Gasteiger partial charge in [-0.2, -0.15) is 0 Å². The molecule has 0 saturated heterocycles. The SMILES string of the molecule is C=CCc1ccccc1OCCCCn1c(CCCCCNC(=O)c2ccc(Br)cc2)nc2ccccc21. The normalized spacial score (nSPS) is 11.0. The summed E-state index contributed by atoms with van der Waals surface area (Å²) in [4.78, 5) is 17.2. The van der Waals surface area contributed by atoms with Crippen LogP contribution in [0.1, 0.15) is 53.8 Å². The second-order valence-electron chi connectivity index (χ2n) is 9.40. The number of aryl methyl sites for hydroxylation is 2. The number of ether oxygens (including phenoxy) is 1. The number of nitrogens with zero attached hydrogens (tertiary/aromatic N) is 2. The Hall–Kier alpha value is -3.38. The molecule has 0 fully saturated rings. The van der Waals surface area contributed by atoms with Crippen LogP contribution in [0, 0.1) is 0 Å². The predicted molar refractivity (Wildman–Crippen MR) is 159 cm³/mol. The number of benzene rings is 3. The lowest BCUT2D eigenvalue weighted by molar-refractivity contribution is 0.0953. The van der Waals surface area contributed by atoms with E-state index in [1.165, 1.54) is 11.1 Å². The summed E-state index contributed by atoms with van der Waals surface area (Å²) >= 11 is 3.40. The number of hydrogen-bond acceptors (Lipinski definition) is 3. The number of hydrogen-bond donors (Lipinski definition) is 1. The molecule has 38 heavy (non-hydrogen) atoms. The number of unbranched alkanes of at least 4 members (excludes halogenated alkanes) is 3. The number of imidazole rings is 1. The van der Waals surface area contributed by atoms with Crippen molar-refractivity contribution in [3.05, 3.63) is 107 Å². The van der Waals surface area contributed by atoms with E-state index in [1.807, 2.05) is 54.6 Å². The van der Waals surface area contributed by atoms with Gasteiger partial charge in [-0.25, -0.2) is 4.98 Å². The van der Waals surface area contributed by atoms with Gasteiger partial charge < -0.3 is 14.6 Å². The number of carbonyl (C=O) groups excluding carboxylic acids is 1. The molecule has 6 heteroatoms. The maximum absolute atomic E-state index is 12.3. The third-order valence-electron chi connectivity index (χ3n) is 6.57. The van der Waals surface area contributed by atoms with Crippen LogP contribution >= 0.6 is 15.9 Å². The predicted octanol–water partition coefficient (Wildman–Crippen LogP) is 7.53. The minimum Gasteiger partial charge on any atom is -0.493 e. The summed E-state index contributed by atoms with van der Waals surface area (Å²) in [7, 11) is 0. The van der Waals surface area contributed by atoms with Crippen LogP contribution in [0.2, 0.25) is 0 Å². The molecule has 1 N–H and O–H groups in total. The number of carbonyl (C=O) groups is 1. The first-order chi connectivity index (χ1) is 18.7. The zero-order valence-electron chi connectivity index (χ0n) is 21.9. The van der Waals surface area contributed by atoms with Crippen LogP contribution in [-0.2, 0) is 19.4 Å². The van der Waals surface area contributed by atoms with Crippen molar-refractivity contribution < 1.29 is 9.53 Å². The van der Waals surface area contributed by atoms with Gasteiger partial charge in [-0.05, 0) is 80.1 Å². The van der Waals surface area contributed by atoms with Gasteiger partial charge in [0.25, 0.3) is 5.91 Å². The third-order valence-corrected chi connectivity index (χ3v) is 7.10. The van der Waals surface area contributed by atoms with Gasteiger partial charge in [-0.1, -0.05) is 58.8 Å². The molecule has 5 nitrogen and oxygen atoms in total. The first-order valence-electron chi connectivity index (χ1n) is 13.4. The fourth-order valence-electron chi connectivity index (χ4n) is 4.58. The summed E-state index contributed by atoms with van der Waals surface area (Å²) in [6.07, 6.45) is 8.70. The molecule has 0 aliphatic carbocycles. The van der Waals surface area contributed by atoms with Crippen molar-refractivity contribution in [3.63, 3.8) is 0 Å². The summed E-state index contributed by atoms with van der Waals surface area (Å²) in [6, 6.07) is 24.0. The second kappa shape index (κ2) is 14.5. The Labute approximate surface area is 234 Å². The van der Waals surface area contributed by atoms with Crippen LogP contribution in [0.15, 0.2) is 89.9 Å². The number of amides is 1. The van der Waals surface area contributed by atoms with Gasteiger partial charge >= 0.3 is 0 Å². The number of para-hydroxylation sites is 3. The van der Waals surface area contributed by atoms with Gasteiger partial charge in [-0.15, -0.1) is 6.58 Å². The minimum atomic E-state index is -0.0209. The maximum Gasteiger partial charge on any atom is 0.251 e. The molecule has 3 aromatic carbocycles. The standard InChI is InChI=1S/C32H36BrN3O2/c1-2-12-25-13-5-8-16-30(25)38-24-11-10-23-36-29-15-7-6-14-28(29)35-31(36)17-4-3-9-22-34-32(37)26-18-20-27(33)21-19-26/h2,5-8,13-16,18-21H,1,3-4,9-12,17,22-24H2,(H,34,37). The first-order valence-corrected chi connectivity index (χ1v) is 14.2. The van der Waals surface area contributed by atoms with E-state index in [2.05, 4.69) is 56.7 Å². The molecule has 1 heterocycles. The number of halogens is 1. The van der Waals surface area contributed by atoms with Gasteiger partial charge in [0, 0.05) is 29.5 Å². The molecule has 0 aliphatic rings. The van der Waals surface area contributed by atoms with E-state index in [0.717, 1.165) is 73.1 Å². The van der Waals surface area contributed by atoms with Crippen LogP contribution < -0.4 is 10.1 Å². The molecule has 4 rings (SSSR count). The van der Waals surface area contributed by atoms with E-state index in [1.54, 1.807) is 0 Å². The average molecular weight is 575 g/mol. The van der Waals surface area contributed by atoms with Crippen molar-refractivity contribution in [2.45, 2.75) is 51.5 Å². The maximum atomic E-state index is 12.3. The summed E-state index contributed by atoms with van der Waals surface area (Å²) in [5, 5.41) is 3.02. The van der Waals surface area contributed by atoms with Crippen LogP contribution in [0.25, 0.3) is 11.0 Å². The Kier molecular flexibility index (Phi) is 10.6. The van der Waals surface area contributed by atoms with Crippen molar-refractivity contribution >= 4 is 32.9 Å². The van der Waals surface area contributed by atoms with Crippen molar-refractivity contribution in [2.24, 2.45) is 0 Å². The van der Waals surface area contributed by atoms with Gasteiger partial charge in [0.05, 0.1) is 17.6 Å². The molecule has 0 saturated carbocycles. The van der Waals surface area contributed by atoms with Crippen LogP contribution in [0.3, 0.4) is 0 Å². The van der Waals surface area contributed by atoms with Gasteiger partial charge in [0.1, 0.15) is 11.6 Å². The van der Waals surface area contributed by atoms with Crippen molar-refractivity contribution in [1.82, 2.24) is 14.9 Å².